The third-order valence-corrected chi connectivity index (χ3v) is 4.41. The van der Waals surface area contributed by atoms with Gasteiger partial charge >= 0.3 is 5.76 Å². The zero-order valence-corrected chi connectivity index (χ0v) is 12.4. The Hall–Kier alpha value is -1.54. The van der Waals surface area contributed by atoms with Gasteiger partial charge in [-0.25, -0.2) is 8.42 Å². The molecule has 0 fully saturated rings. The van der Waals surface area contributed by atoms with Gasteiger partial charge in [0.05, 0.1) is 10.6 Å². The summed E-state index contributed by atoms with van der Waals surface area (Å²) < 4.78 is 48.4. The zero-order valence-electron chi connectivity index (χ0n) is 11.6. The molecule has 5 nitrogen and oxygen atoms in total. The maximum absolute atomic E-state index is 12.6. The number of carbonyl (C=O) groups is 1. The normalized spacial score (nSPS) is 13.2. The van der Waals surface area contributed by atoms with Crippen LogP contribution in [-0.2, 0) is 14.6 Å². The molecule has 1 aromatic rings. The van der Waals surface area contributed by atoms with Gasteiger partial charge < -0.3 is 11.1 Å². The van der Waals surface area contributed by atoms with Crippen molar-refractivity contribution in [3.05, 3.63) is 24.3 Å². The van der Waals surface area contributed by atoms with Crippen LogP contribution in [0.3, 0.4) is 0 Å². The van der Waals surface area contributed by atoms with Gasteiger partial charge in [-0.05, 0) is 31.5 Å². The number of anilines is 1. The van der Waals surface area contributed by atoms with E-state index in [0.717, 1.165) is 6.07 Å². The summed E-state index contributed by atoms with van der Waals surface area (Å²) in [6.07, 6.45) is 1.18. The molecule has 0 aliphatic heterocycles. The van der Waals surface area contributed by atoms with Crippen molar-refractivity contribution in [1.82, 2.24) is 0 Å². The van der Waals surface area contributed by atoms with E-state index in [0.29, 0.717) is 19.4 Å². The van der Waals surface area contributed by atoms with Crippen LogP contribution in [0.4, 0.5) is 14.5 Å². The first-order valence-corrected chi connectivity index (χ1v) is 7.97. The minimum absolute atomic E-state index is 0.137. The second kappa shape index (κ2) is 7.46. The minimum atomic E-state index is -4.76. The van der Waals surface area contributed by atoms with Crippen molar-refractivity contribution in [2.45, 2.75) is 30.4 Å². The lowest BCUT2D eigenvalue weighted by Gasteiger charge is -2.14. The highest BCUT2D eigenvalue weighted by molar-refractivity contribution is 7.91. The molecule has 3 N–H and O–H groups in total. The second-order valence-corrected chi connectivity index (χ2v) is 6.51. The number of sulfone groups is 1. The quantitative estimate of drug-likeness (QED) is 0.804. The van der Waals surface area contributed by atoms with Gasteiger partial charge in [0.25, 0.3) is 0 Å². The molecular formula is C13H18F2N2O3S. The van der Waals surface area contributed by atoms with E-state index in [1.807, 2.05) is 0 Å². The fraction of sp³-hybridized carbons (Fsp3) is 0.462. The maximum Gasteiger partial charge on any atom is 0.341 e. The molecule has 0 spiro atoms. The number of para-hydroxylation sites is 1. The maximum atomic E-state index is 12.6. The van der Waals surface area contributed by atoms with Crippen molar-refractivity contribution < 1.29 is 22.0 Å². The van der Waals surface area contributed by atoms with Gasteiger partial charge in [0, 0.05) is 5.92 Å². The predicted molar refractivity (Wildman–Crippen MR) is 75.7 cm³/mol. The lowest BCUT2D eigenvalue weighted by Crippen LogP contribution is -2.23. The number of halogens is 2. The third-order valence-electron chi connectivity index (χ3n) is 2.97. The number of carbonyl (C=O) groups excluding carboxylic acids is 1. The molecule has 0 radical (unpaired) electrons. The van der Waals surface area contributed by atoms with Crippen LogP contribution in [0.5, 0.6) is 0 Å². The number of rotatable bonds is 7. The van der Waals surface area contributed by atoms with E-state index < -0.39 is 32.3 Å². The lowest BCUT2D eigenvalue weighted by molar-refractivity contribution is -0.119. The van der Waals surface area contributed by atoms with Crippen LogP contribution in [0.2, 0.25) is 0 Å². The molecule has 118 valence electrons. The molecule has 0 heterocycles. The number of hydrogen-bond acceptors (Lipinski definition) is 4. The molecule has 1 rings (SSSR count). The molecule has 1 unspecified atom stereocenters. The summed E-state index contributed by atoms with van der Waals surface area (Å²) in [6, 6.07) is 5.11. The van der Waals surface area contributed by atoms with Crippen molar-refractivity contribution in [2.24, 2.45) is 11.7 Å². The van der Waals surface area contributed by atoms with E-state index in [1.165, 1.54) is 18.2 Å². The van der Waals surface area contributed by atoms with E-state index in [2.05, 4.69) is 5.32 Å². The van der Waals surface area contributed by atoms with Crippen molar-refractivity contribution in [1.29, 1.82) is 0 Å². The highest BCUT2D eigenvalue weighted by Gasteiger charge is 2.29. The molecular weight excluding hydrogens is 302 g/mol. The average Bonchev–Trinajstić information content (AvgIpc) is 2.44. The number of nitrogens with two attached hydrogens (primary N) is 1. The van der Waals surface area contributed by atoms with Gasteiger partial charge in [0.2, 0.25) is 15.7 Å². The van der Waals surface area contributed by atoms with Gasteiger partial charge in [-0.2, -0.15) is 8.78 Å². The molecule has 0 aliphatic carbocycles. The van der Waals surface area contributed by atoms with Gasteiger partial charge in [-0.1, -0.05) is 19.1 Å². The van der Waals surface area contributed by atoms with Crippen molar-refractivity contribution in [3.8, 4) is 0 Å². The van der Waals surface area contributed by atoms with Crippen LogP contribution >= 0.6 is 0 Å². The van der Waals surface area contributed by atoms with Gasteiger partial charge in [-0.15, -0.1) is 0 Å². The Labute approximate surface area is 122 Å². The summed E-state index contributed by atoms with van der Waals surface area (Å²) in [7, 11) is -4.76. The van der Waals surface area contributed by atoms with Gasteiger partial charge in [-0.3, -0.25) is 4.79 Å². The van der Waals surface area contributed by atoms with Crippen LogP contribution in [-0.4, -0.2) is 26.6 Å². The average molecular weight is 320 g/mol. The Morgan fingerprint density at radius 3 is 2.52 bits per heavy atom. The zero-order chi connectivity index (χ0) is 16.0. The SMILES string of the molecule is CC(CCCN)C(=O)Nc1ccccc1S(=O)(=O)C(F)F. The summed E-state index contributed by atoms with van der Waals surface area (Å²) in [5.74, 6) is -4.36. The lowest BCUT2D eigenvalue weighted by atomic mass is 10.0. The molecule has 1 aromatic carbocycles. The van der Waals surface area contributed by atoms with E-state index >= 15 is 0 Å². The van der Waals surface area contributed by atoms with Gasteiger partial charge in [0.1, 0.15) is 0 Å². The van der Waals surface area contributed by atoms with Crippen LogP contribution in [0.15, 0.2) is 29.2 Å². The Balaban J connectivity index is 2.98. The summed E-state index contributed by atoms with van der Waals surface area (Å²) in [6.45, 7) is 2.10. The number of hydrogen-bond donors (Lipinski definition) is 2. The van der Waals surface area contributed by atoms with E-state index in [4.69, 9.17) is 5.73 Å². The van der Waals surface area contributed by atoms with E-state index in [9.17, 15) is 22.0 Å². The summed E-state index contributed by atoms with van der Waals surface area (Å²) in [5, 5.41) is 2.39. The monoisotopic (exact) mass is 320 g/mol. The first-order valence-electron chi connectivity index (χ1n) is 6.42. The fourth-order valence-corrected chi connectivity index (χ4v) is 2.61. The Kier molecular flexibility index (Phi) is 6.22. The number of nitrogens with one attached hydrogen (secondary N) is 1. The fourth-order valence-electron chi connectivity index (χ4n) is 1.73. The molecule has 1 amide bonds. The first kappa shape index (κ1) is 17.5. The second-order valence-electron chi connectivity index (χ2n) is 4.62. The largest absolute Gasteiger partial charge is 0.341 e. The topological polar surface area (TPSA) is 89.3 Å². The van der Waals surface area contributed by atoms with Crippen LogP contribution in [0, 0.1) is 5.92 Å². The molecule has 0 aromatic heterocycles. The smallest absolute Gasteiger partial charge is 0.330 e. The summed E-state index contributed by atoms with van der Waals surface area (Å²) in [5.41, 5.74) is 5.21. The Morgan fingerprint density at radius 1 is 1.33 bits per heavy atom. The van der Waals surface area contributed by atoms with Crippen molar-refractivity contribution in [3.63, 3.8) is 0 Å². The predicted octanol–water partition coefficient (Wildman–Crippen LogP) is 2.00. The summed E-state index contributed by atoms with van der Waals surface area (Å²) in [4.78, 5) is 11.3. The standard InChI is InChI=1S/C13H18F2N2O3S/c1-9(5-4-8-16)12(18)17-10-6-2-3-7-11(10)21(19,20)13(14)15/h2-3,6-7,9,13H,4-5,8,16H2,1H3,(H,17,18). The molecule has 0 aliphatic rings. The number of alkyl halides is 2. The highest BCUT2D eigenvalue weighted by atomic mass is 32.2. The van der Waals surface area contributed by atoms with Crippen LogP contribution < -0.4 is 11.1 Å². The van der Waals surface area contributed by atoms with Crippen molar-refractivity contribution >= 4 is 21.4 Å². The van der Waals surface area contributed by atoms with E-state index in [1.54, 1.807) is 6.92 Å². The Morgan fingerprint density at radius 2 is 1.95 bits per heavy atom. The van der Waals surface area contributed by atoms with Crippen LogP contribution in [0.1, 0.15) is 19.8 Å². The molecule has 0 saturated carbocycles. The molecule has 1 atom stereocenters. The molecule has 8 heteroatoms. The van der Waals surface area contributed by atoms with Crippen molar-refractivity contribution in [2.75, 3.05) is 11.9 Å². The van der Waals surface area contributed by atoms with Gasteiger partial charge in [0.15, 0.2) is 0 Å². The summed E-state index contributed by atoms with van der Waals surface area (Å²) >= 11 is 0. The minimum Gasteiger partial charge on any atom is -0.330 e. The number of amides is 1. The first-order chi connectivity index (χ1) is 9.80. The van der Waals surface area contributed by atoms with Crippen LogP contribution in [0.25, 0.3) is 0 Å². The van der Waals surface area contributed by atoms with E-state index in [-0.39, 0.29) is 5.69 Å². The molecule has 0 bridgehead atoms. The third kappa shape index (κ3) is 4.47. The highest BCUT2D eigenvalue weighted by Crippen LogP contribution is 2.26. The molecule has 21 heavy (non-hydrogen) atoms. The Bertz CT molecular complexity index is 591. The number of benzene rings is 1. The molecule has 0 saturated heterocycles.